The van der Waals surface area contributed by atoms with Crippen LogP contribution < -0.4 is 20.9 Å². The molecule has 3 N–H and O–H groups in total. The summed E-state index contributed by atoms with van der Waals surface area (Å²) in [6, 6.07) is 10.9. The van der Waals surface area contributed by atoms with E-state index in [1.165, 1.54) is 25.0 Å². The van der Waals surface area contributed by atoms with E-state index in [-0.39, 0.29) is 16.9 Å². The molecule has 0 radical (unpaired) electrons. The van der Waals surface area contributed by atoms with Gasteiger partial charge in [0.25, 0.3) is 5.91 Å². The summed E-state index contributed by atoms with van der Waals surface area (Å²) in [6.45, 7) is 6.79. The van der Waals surface area contributed by atoms with Crippen molar-refractivity contribution in [2.75, 3.05) is 43.4 Å². The molecule has 1 amide bonds. The topological polar surface area (TPSA) is 59.6 Å². The molecule has 0 unspecified atom stereocenters. The minimum absolute atomic E-state index is 0.0263. The first kappa shape index (κ1) is 28.9. The number of likely N-dealkylation sites (N-methyl/N-ethyl adjacent to an activating group) is 1. The molecule has 2 aliphatic heterocycles. The van der Waals surface area contributed by atoms with Gasteiger partial charge in [-0.2, -0.15) is 13.2 Å². The molecule has 10 heteroatoms. The number of hydrogen-bond donors (Lipinski definition) is 3. The quantitative estimate of drug-likeness (QED) is 0.374. The van der Waals surface area contributed by atoms with Gasteiger partial charge in [0.1, 0.15) is 5.82 Å². The molecule has 0 aromatic heterocycles. The lowest BCUT2D eigenvalue weighted by Crippen LogP contribution is -2.44. The molecule has 0 spiro atoms. The molecule has 2 heterocycles. The van der Waals surface area contributed by atoms with Crippen molar-refractivity contribution in [2.45, 2.75) is 44.4 Å². The van der Waals surface area contributed by atoms with E-state index < -0.39 is 29.0 Å². The Kier molecular flexibility index (Phi) is 8.51. The molecule has 3 aliphatic rings. The highest BCUT2D eigenvalue weighted by Gasteiger charge is 2.40. The van der Waals surface area contributed by atoms with Crippen molar-refractivity contribution in [1.82, 2.24) is 15.5 Å². The number of amides is 1. The van der Waals surface area contributed by atoms with Crippen LogP contribution in [0.15, 0.2) is 72.1 Å². The zero-order valence-corrected chi connectivity index (χ0v) is 23.1. The van der Waals surface area contributed by atoms with E-state index in [9.17, 15) is 18.0 Å². The van der Waals surface area contributed by atoms with Crippen LogP contribution in [0.2, 0.25) is 0 Å². The van der Waals surface area contributed by atoms with E-state index in [0.29, 0.717) is 36.9 Å². The Morgan fingerprint density at radius 2 is 1.83 bits per heavy atom. The second kappa shape index (κ2) is 12.1. The Hall–Kier alpha value is -3.63. The Balaban J connectivity index is 1.47. The fourth-order valence-corrected chi connectivity index (χ4v) is 5.58. The molecule has 2 aromatic carbocycles. The highest BCUT2D eigenvalue weighted by molar-refractivity contribution is 6.09. The van der Waals surface area contributed by atoms with Gasteiger partial charge in [-0.1, -0.05) is 37.6 Å². The third-order valence-electron chi connectivity index (χ3n) is 7.93. The smallest absolute Gasteiger partial charge is 0.367 e. The van der Waals surface area contributed by atoms with Crippen LogP contribution in [-0.2, 0) is 11.3 Å². The van der Waals surface area contributed by atoms with Gasteiger partial charge < -0.3 is 25.8 Å². The number of allylic oxidation sites excluding steroid dienone is 1. The predicted molar refractivity (Wildman–Crippen MR) is 154 cm³/mol. The Bertz CT molecular complexity index is 1370. The lowest BCUT2D eigenvalue weighted by molar-refractivity contribution is -0.115. The molecule has 1 saturated carbocycles. The zero-order valence-electron chi connectivity index (χ0n) is 23.1. The van der Waals surface area contributed by atoms with Crippen LogP contribution in [0.5, 0.6) is 0 Å². The summed E-state index contributed by atoms with van der Waals surface area (Å²) < 4.78 is 57.1. The fraction of sp³-hybridized carbons (Fsp3) is 0.387. The van der Waals surface area contributed by atoms with Gasteiger partial charge in [0, 0.05) is 56.2 Å². The van der Waals surface area contributed by atoms with Gasteiger partial charge in [0.2, 0.25) is 0 Å². The number of halogens is 4. The first-order valence-electron chi connectivity index (χ1n) is 13.9. The van der Waals surface area contributed by atoms with E-state index in [2.05, 4.69) is 27.4 Å². The van der Waals surface area contributed by atoms with E-state index in [0.717, 1.165) is 43.8 Å². The summed E-state index contributed by atoms with van der Waals surface area (Å²) in [7, 11) is 1.99. The van der Waals surface area contributed by atoms with Crippen molar-refractivity contribution >= 4 is 17.3 Å². The van der Waals surface area contributed by atoms with Gasteiger partial charge in [0.05, 0.1) is 22.5 Å². The number of benzene rings is 2. The number of nitrogens with one attached hydrogen (secondary N) is 3. The van der Waals surface area contributed by atoms with Crippen molar-refractivity contribution in [3.05, 3.63) is 83.5 Å². The first-order valence-corrected chi connectivity index (χ1v) is 13.9. The van der Waals surface area contributed by atoms with Crippen LogP contribution in [-0.4, -0.2) is 56.3 Å². The molecule has 41 heavy (non-hydrogen) atoms. The van der Waals surface area contributed by atoms with Crippen molar-refractivity contribution in [3.63, 3.8) is 0 Å². The number of dihydropyridines is 1. The van der Waals surface area contributed by atoms with E-state index in [4.69, 9.17) is 0 Å². The number of alkyl halides is 3. The standard InChI is InChI=1S/C31H35F4N5O/c1-20-14-26(31(33,34)35)25(19-36-20)30(41)38-28-16-24(27(32)17-29(28)40-12-10-39(2)11-13-40)22-7-5-6-21(15-22)18-37-23-8-3-4-9-23/h5-7,14-17,19,23,36-37H,1,3-4,8-13,18H2,2H3,(H,38,41). The minimum atomic E-state index is -4.75. The molecule has 2 fully saturated rings. The molecule has 2 aromatic rings. The van der Waals surface area contributed by atoms with Crippen molar-refractivity contribution < 1.29 is 22.4 Å². The Labute approximate surface area is 237 Å². The van der Waals surface area contributed by atoms with E-state index in [1.54, 1.807) is 6.07 Å². The third kappa shape index (κ3) is 6.82. The molecule has 0 atom stereocenters. The highest BCUT2D eigenvalue weighted by Crippen LogP contribution is 2.38. The predicted octanol–water partition coefficient (Wildman–Crippen LogP) is 5.70. The molecule has 1 aliphatic carbocycles. The molecule has 1 saturated heterocycles. The molecular weight excluding hydrogens is 534 g/mol. The Morgan fingerprint density at radius 3 is 2.54 bits per heavy atom. The fourth-order valence-electron chi connectivity index (χ4n) is 5.58. The lowest BCUT2D eigenvalue weighted by atomic mass is 9.99. The second-order valence-corrected chi connectivity index (χ2v) is 10.9. The molecule has 5 rings (SSSR count). The summed E-state index contributed by atoms with van der Waals surface area (Å²) in [5.41, 5.74) is 0.926. The van der Waals surface area contributed by atoms with Crippen LogP contribution in [0.25, 0.3) is 11.1 Å². The second-order valence-electron chi connectivity index (χ2n) is 10.9. The van der Waals surface area contributed by atoms with Crippen LogP contribution >= 0.6 is 0 Å². The zero-order chi connectivity index (χ0) is 29.1. The van der Waals surface area contributed by atoms with E-state index in [1.807, 2.05) is 30.1 Å². The summed E-state index contributed by atoms with van der Waals surface area (Å²) in [6.07, 6.45) is 1.79. The number of carbonyl (C=O) groups is 1. The van der Waals surface area contributed by atoms with Crippen LogP contribution in [0.4, 0.5) is 28.9 Å². The van der Waals surface area contributed by atoms with Crippen LogP contribution in [0.1, 0.15) is 31.2 Å². The minimum Gasteiger partial charge on any atom is -0.367 e. The maximum absolute atomic E-state index is 15.7. The number of anilines is 2. The largest absolute Gasteiger partial charge is 0.417 e. The van der Waals surface area contributed by atoms with Gasteiger partial charge in [-0.25, -0.2) is 4.39 Å². The SMILES string of the molecule is C=C1C=C(C(F)(F)F)C(C(=O)Nc2cc(-c3cccc(CNC4CCCC4)c3)c(F)cc2N2CCN(C)CC2)=CN1. The van der Waals surface area contributed by atoms with Gasteiger partial charge >= 0.3 is 6.18 Å². The maximum atomic E-state index is 15.7. The van der Waals surface area contributed by atoms with Gasteiger partial charge in [-0.3, -0.25) is 4.79 Å². The normalized spacial score (nSPS) is 18.7. The van der Waals surface area contributed by atoms with E-state index >= 15 is 4.39 Å². The summed E-state index contributed by atoms with van der Waals surface area (Å²) in [5.74, 6) is -1.42. The van der Waals surface area contributed by atoms with Gasteiger partial charge in [0.15, 0.2) is 0 Å². The average Bonchev–Trinajstić information content (AvgIpc) is 3.46. The first-order chi connectivity index (χ1) is 19.6. The number of hydrogen-bond acceptors (Lipinski definition) is 5. The molecular formula is C31H35F4N5O. The molecule has 0 bridgehead atoms. The monoisotopic (exact) mass is 569 g/mol. The van der Waals surface area contributed by atoms with Crippen LogP contribution in [0, 0.1) is 5.82 Å². The lowest BCUT2D eigenvalue weighted by Gasteiger charge is -2.35. The van der Waals surface area contributed by atoms with Gasteiger partial charge in [-0.15, -0.1) is 0 Å². The number of carbonyl (C=O) groups excluding carboxylic acids is 1. The van der Waals surface area contributed by atoms with Crippen molar-refractivity contribution in [2.24, 2.45) is 0 Å². The summed E-state index contributed by atoms with van der Waals surface area (Å²) in [5, 5.41) is 8.82. The number of piperazine rings is 1. The number of nitrogens with zero attached hydrogens (tertiary/aromatic N) is 2. The number of rotatable bonds is 7. The van der Waals surface area contributed by atoms with Gasteiger partial charge in [-0.05, 0) is 55.3 Å². The summed E-state index contributed by atoms with van der Waals surface area (Å²) in [4.78, 5) is 17.4. The van der Waals surface area contributed by atoms with Crippen molar-refractivity contribution in [1.29, 1.82) is 0 Å². The van der Waals surface area contributed by atoms with Crippen molar-refractivity contribution in [3.8, 4) is 11.1 Å². The molecule has 6 nitrogen and oxygen atoms in total. The molecule has 218 valence electrons. The summed E-state index contributed by atoms with van der Waals surface area (Å²) >= 11 is 0. The van der Waals surface area contributed by atoms with Crippen LogP contribution in [0.3, 0.4) is 0 Å². The third-order valence-corrected chi connectivity index (χ3v) is 7.93. The highest BCUT2D eigenvalue weighted by atomic mass is 19.4. The Morgan fingerprint density at radius 1 is 1.10 bits per heavy atom. The average molecular weight is 570 g/mol. The maximum Gasteiger partial charge on any atom is 0.417 e.